The SMILES string of the molecule is Cc1ccc(NC[C@@H]2CCN([C@H]3C[C@@H](C)OC3=O)C2)nc1. The highest BCUT2D eigenvalue weighted by Crippen LogP contribution is 2.26. The molecule has 5 nitrogen and oxygen atoms in total. The number of rotatable bonds is 4. The van der Waals surface area contributed by atoms with E-state index in [2.05, 4.69) is 21.3 Å². The molecule has 0 amide bonds. The van der Waals surface area contributed by atoms with Gasteiger partial charge in [0.1, 0.15) is 18.0 Å². The second-order valence-corrected chi connectivity index (χ2v) is 6.25. The van der Waals surface area contributed by atoms with Gasteiger partial charge in [-0.05, 0) is 44.4 Å². The van der Waals surface area contributed by atoms with Crippen LogP contribution in [0.2, 0.25) is 0 Å². The molecule has 0 radical (unpaired) electrons. The molecule has 3 rings (SSSR count). The summed E-state index contributed by atoms with van der Waals surface area (Å²) < 4.78 is 5.26. The molecule has 3 heterocycles. The number of ether oxygens (including phenoxy) is 1. The monoisotopic (exact) mass is 289 g/mol. The smallest absolute Gasteiger partial charge is 0.323 e. The average molecular weight is 289 g/mol. The summed E-state index contributed by atoms with van der Waals surface area (Å²) in [5, 5.41) is 3.39. The van der Waals surface area contributed by atoms with Crippen molar-refractivity contribution in [1.29, 1.82) is 0 Å². The second-order valence-electron chi connectivity index (χ2n) is 6.25. The first-order valence-corrected chi connectivity index (χ1v) is 7.73. The van der Waals surface area contributed by atoms with Crippen molar-refractivity contribution in [1.82, 2.24) is 9.88 Å². The first-order valence-electron chi connectivity index (χ1n) is 7.73. The minimum Gasteiger partial charge on any atom is -0.461 e. The summed E-state index contributed by atoms with van der Waals surface area (Å²) >= 11 is 0. The Bertz CT molecular complexity index is 503. The highest BCUT2D eigenvalue weighted by Gasteiger charge is 2.39. The second kappa shape index (κ2) is 6.02. The number of likely N-dealkylation sites (tertiary alicyclic amines) is 1. The Kier molecular flexibility index (Phi) is 4.10. The van der Waals surface area contributed by atoms with Crippen molar-refractivity contribution >= 4 is 11.8 Å². The molecule has 0 bridgehead atoms. The number of carbonyl (C=O) groups excluding carboxylic acids is 1. The van der Waals surface area contributed by atoms with E-state index >= 15 is 0 Å². The maximum Gasteiger partial charge on any atom is 0.323 e. The molecule has 5 heteroatoms. The van der Waals surface area contributed by atoms with Crippen molar-refractivity contribution in [2.24, 2.45) is 5.92 Å². The first-order chi connectivity index (χ1) is 10.1. The van der Waals surface area contributed by atoms with E-state index in [4.69, 9.17) is 4.74 Å². The number of aromatic nitrogens is 1. The van der Waals surface area contributed by atoms with Gasteiger partial charge in [0.15, 0.2) is 0 Å². The Labute approximate surface area is 125 Å². The number of esters is 1. The lowest BCUT2D eigenvalue weighted by Crippen LogP contribution is -2.37. The van der Waals surface area contributed by atoms with E-state index in [0.29, 0.717) is 5.92 Å². The molecule has 0 spiro atoms. The van der Waals surface area contributed by atoms with Gasteiger partial charge in [0.2, 0.25) is 0 Å². The zero-order chi connectivity index (χ0) is 14.8. The van der Waals surface area contributed by atoms with Crippen LogP contribution in [-0.2, 0) is 9.53 Å². The molecule has 0 saturated carbocycles. The fraction of sp³-hybridized carbons (Fsp3) is 0.625. The molecule has 2 aliphatic rings. The van der Waals surface area contributed by atoms with Gasteiger partial charge in [0.25, 0.3) is 0 Å². The van der Waals surface area contributed by atoms with E-state index in [1.54, 1.807) is 0 Å². The maximum absolute atomic E-state index is 11.8. The van der Waals surface area contributed by atoms with Gasteiger partial charge >= 0.3 is 5.97 Å². The van der Waals surface area contributed by atoms with Gasteiger partial charge < -0.3 is 10.1 Å². The molecule has 1 N–H and O–H groups in total. The van der Waals surface area contributed by atoms with E-state index in [1.165, 1.54) is 5.56 Å². The number of nitrogens with zero attached hydrogens (tertiary/aromatic N) is 2. The van der Waals surface area contributed by atoms with E-state index in [1.807, 2.05) is 26.1 Å². The molecule has 21 heavy (non-hydrogen) atoms. The lowest BCUT2D eigenvalue weighted by atomic mass is 10.1. The Morgan fingerprint density at radius 1 is 1.48 bits per heavy atom. The van der Waals surface area contributed by atoms with Gasteiger partial charge in [-0.1, -0.05) is 6.07 Å². The van der Waals surface area contributed by atoms with Crippen LogP contribution in [0.4, 0.5) is 5.82 Å². The summed E-state index contributed by atoms with van der Waals surface area (Å²) in [4.78, 5) is 18.4. The Morgan fingerprint density at radius 2 is 2.33 bits per heavy atom. The first kappa shape index (κ1) is 14.3. The van der Waals surface area contributed by atoms with Crippen LogP contribution in [0.15, 0.2) is 18.3 Å². The number of anilines is 1. The Balaban J connectivity index is 1.48. The number of aryl methyl sites for hydroxylation is 1. The Morgan fingerprint density at radius 3 is 3.00 bits per heavy atom. The van der Waals surface area contributed by atoms with Crippen LogP contribution < -0.4 is 5.32 Å². The quantitative estimate of drug-likeness (QED) is 0.857. The molecule has 2 aliphatic heterocycles. The molecular weight excluding hydrogens is 266 g/mol. The minimum absolute atomic E-state index is 0.0255. The van der Waals surface area contributed by atoms with Crippen LogP contribution in [0.25, 0.3) is 0 Å². The number of nitrogens with one attached hydrogen (secondary N) is 1. The minimum atomic E-state index is -0.0451. The van der Waals surface area contributed by atoms with Gasteiger partial charge in [-0.25, -0.2) is 4.98 Å². The molecule has 114 valence electrons. The van der Waals surface area contributed by atoms with E-state index in [-0.39, 0.29) is 18.1 Å². The molecule has 2 fully saturated rings. The van der Waals surface area contributed by atoms with Crippen molar-refractivity contribution in [3.05, 3.63) is 23.9 Å². The lowest BCUT2D eigenvalue weighted by Gasteiger charge is -2.20. The van der Waals surface area contributed by atoms with Crippen LogP contribution >= 0.6 is 0 Å². The number of pyridine rings is 1. The summed E-state index contributed by atoms with van der Waals surface area (Å²) in [5.41, 5.74) is 1.17. The lowest BCUT2D eigenvalue weighted by molar-refractivity contribution is -0.144. The van der Waals surface area contributed by atoms with Gasteiger partial charge in [0, 0.05) is 25.7 Å². The van der Waals surface area contributed by atoms with Crippen LogP contribution in [-0.4, -0.2) is 47.6 Å². The third-order valence-corrected chi connectivity index (χ3v) is 4.39. The zero-order valence-corrected chi connectivity index (χ0v) is 12.7. The van der Waals surface area contributed by atoms with Crippen molar-refractivity contribution < 1.29 is 9.53 Å². The predicted molar refractivity (Wildman–Crippen MR) is 81.1 cm³/mol. The summed E-state index contributed by atoms with van der Waals surface area (Å²) in [6, 6.07) is 4.05. The van der Waals surface area contributed by atoms with Gasteiger partial charge in [-0.2, -0.15) is 0 Å². The molecule has 3 atom stereocenters. The van der Waals surface area contributed by atoms with E-state index < -0.39 is 0 Å². The number of hydrogen-bond acceptors (Lipinski definition) is 5. The maximum atomic E-state index is 11.8. The van der Waals surface area contributed by atoms with Crippen molar-refractivity contribution in [3.63, 3.8) is 0 Å². The standard InChI is InChI=1S/C16H23N3O2/c1-11-3-4-15(17-8-11)18-9-13-5-6-19(10-13)14-7-12(2)21-16(14)20/h3-4,8,12-14H,5-7,9-10H2,1-2H3,(H,17,18)/t12-,13+,14+/m1/s1. The molecule has 2 saturated heterocycles. The van der Waals surface area contributed by atoms with E-state index in [0.717, 1.165) is 38.3 Å². The van der Waals surface area contributed by atoms with Crippen LogP contribution in [0, 0.1) is 12.8 Å². The van der Waals surface area contributed by atoms with Crippen molar-refractivity contribution in [3.8, 4) is 0 Å². The molecule has 0 aliphatic carbocycles. The van der Waals surface area contributed by atoms with Crippen molar-refractivity contribution in [2.75, 3.05) is 25.0 Å². The summed E-state index contributed by atoms with van der Waals surface area (Å²) in [6.45, 7) is 6.86. The highest BCUT2D eigenvalue weighted by molar-refractivity contribution is 5.78. The van der Waals surface area contributed by atoms with E-state index in [9.17, 15) is 4.79 Å². The highest BCUT2D eigenvalue weighted by atomic mass is 16.6. The van der Waals surface area contributed by atoms with Gasteiger partial charge in [-0.15, -0.1) is 0 Å². The van der Waals surface area contributed by atoms with Crippen molar-refractivity contribution in [2.45, 2.75) is 38.8 Å². The Hall–Kier alpha value is -1.62. The number of cyclic esters (lactones) is 1. The summed E-state index contributed by atoms with van der Waals surface area (Å²) in [5.74, 6) is 1.45. The average Bonchev–Trinajstić information content (AvgIpc) is 3.04. The topological polar surface area (TPSA) is 54.5 Å². The molecule has 1 aromatic heterocycles. The molecule has 1 aromatic rings. The molecular formula is C16H23N3O2. The fourth-order valence-corrected chi connectivity index (χ4v) is 3.17. The normalized spacial score (nSPS) is 29.6. The largest absolute Gasteiger partial charge is 0.461 e. The summed E-state index contributed by atoms with van der Waals surface area (Å²) in [7, 11) is 0. The number of hydrogen-bond donors (Lipinski definition) is 1. The zero-order valence-electron chi connectivity index (χ0n) is 12.7. The van der Waals surface area contributed by atoms with Crippen LogP contribution in [0.3, 0.4) is 0 Å². The predicted octanol–water partition coefficient (Wildman–Crippen LogP) is 1.83. The summed E-state index contributed by atoms with van der Waals surface area (Å²) in [6.07, 6.45) is 3.89. The number of carbonyl (C=O) groups is 1. The molecule has 0 aromatic carbocycles. The van der Waals surface area contributed by atoms with Gasteiger partial charge in [0.05, 0.1) is 0 Å². The van der Waals surface area contributed by atoms with Crippen LogP contribution in [0.5, 0.6) is 0 Å². The van der Waals surface area contributed by atoms with Gasteiger partial charge in [-0.3, -0.25) is 9.69 Å². The third-order valence-electron chi connectivity index (χ3n) is 4.39. The van der Waals surface area contributed by atoms with Crippen LogP contribution in [0.1, 0.15) is 25.3 Å². The molecule has 0 unspecified atom stereocenters. The fourth-order valence-electron chi connectivity index (χ4n) is 3.17. The third kappa shape index (κ3) is 3.35.